The van der Waals surface area contributed by atoms with E-state index in [9.17, 15) is 33.8 Å². The summed E-state index contributed by atoms with van der Waals surface area (Å²) in [6.45, 7) is 7.22. The van der Waals surface area contributed by atoms with E-state index >= 15 is 0 Å². The summed E-state index contributed by atoms with van der Waals surface area (Å²) in [5.41, 5.74) is 5.80. The maximum Gasteiger partial charge on any atom is 0.269 e. The van der Waals surface area contributed by atoms with Crippen LogP contribution < -0.4 is 21.7 Å². The molecule has 0 aromatic heterocycles. The molecule has 1 aromatic rings. The van der Waals surface area contributed by atoms with Gasteiger partial charge in [0.1, 0.15) is 18.1 Å². The molecule has 0 spiro atoms. The highest BCUT2D eigenvalue weighted by atomic mass is 32.2. The first-order chi connectivity index (χ1) is 18.1. The number of hydrogen-bond donors (Lipinski definition) is 4. The van der Waals surface area contributed by atoms with Crippen molar-refractivity contribution < 1.29 is 28.7 Å². The second-order valence-electron chi connectivity index (χ2n) is 9.93. The molecule has 0 bridgehead atoms. The zero-order valence-electron chi connectivity index (χ0n) is 23.3. The number of rotatable bonds is 10. The molecule has 39 heavy (non-hydrogen) atoms. The van der Waals surface area contributed by atoms with E-state index in [1.165, 1.54) is 43.0 Å². The molecule has 1 aromatic carbocycles. The number of nitrogens with two attached hydrogens (primary N) is 1. The second kappa shape index (κ2) is 16.0. The van der Waals surface area contributed by atoms with E-state index in [0.29, 0.717) is 31.5 Å². The van der Waals surface area contributed by atoms with Gasteiger partial charge in [-0.25, -0.2) is 0 Å². The molecule has 0 aliphatic carbocycles. The van der Waals surface area contributed by atoms with Gasteiger partial charge in [0.2, 0.25) is 23.6 Å². The van der Waals surface area contributed by atoms with E-state index in [2.05, 4.69) is 16.0 Å². The zero-order valence-corrected chi connectivity index (χ0v) is 24.1. The lowest BCUT2D eigenvalue weighted by Crippen LogP contribution is -2.56. The number of nitrogens with zero attached hydrogens (tertiary/aromatic N) is 2. The summed E-state index contributed by atoms with van der Waals surface area (Å²) >= 11 is -0.611. The number of non-ortho nitro benzene ring substituents is 1. The molecule has 1 saturated heterocycles. The van der Waals surface area contributed by atoms with Crippen molar-refractivity contribution in [2.45, 2.75) is 71.1 Å². The van der Waals surface area contributed by atoms with Gasteiger partial charge in [-0.1, -0.05) is 25.0 Å². The van der Waals surface area contributed by atoms with Crippen LogP contribution in [0.1, 0.15) is 47.0 Å². The van der Waals surface area contributed by atoms with E-state index < -0.39 is 63.9 Å². The molecular weight excluding hydrogens is 528 g/mol. The topological polar surface area (TPSA) is 200 Å². The van der Waals surface area contributed by atoms with E-state index in [0.717, 1.165) is 0 Å². The van der Waals surface area contributed by atoms with Crippen molar-refractivity contribution in [3.8, 4) is 0 Å². The number of carbonyl (C=O) groups excluding carboxylic acids is 4. The van der Waals surface area contributed by atoms with E-state index in [1.54, 1.807) is 12.5 Å². The minimum atomic E-state index is -0.870. The van der Waals surface area contributed by atoms with Gasteiger partial charge in [0.05, 0.1) is 23.5 Å². The van der Waals surface area contributed by atoms with Crippen molar-refractivity contribution in [2.24, 2.45) is 11.7 Å². The third-order valence-electron chi connectivity index (χ3n) is 5.67. The van der Waals surface area contributed by atoms with Gasteiger partial charge in [0.25, 0.3) is 5.69 Å². The van der Waals surface area contributed by atoms with Crippen LogP contribution in [0.3, 0.4) is 0 Å². The number of nitrogens with one attached hydrogen (secondary N) is 3. The maximum absolute atomic E-state index is 13.1. The Morgan fingerprint density at radius 2 is 1.64 bits per heavy atom. The van der Waals surface area contributed by atoms with E-state index in [-0.39, 0.29) is 11.6 Å². The third-order valence-corrected chi connectivity index (χ3v) is 5.67. The van der Waals surface area contributed by atoms with Gasteiger partial charge in [0.15, 0.2) is 0 Å². The minimum Gasteiger partial charge on any atom is -0.617 e. The number of anilines is 1. The predicted molar refractivity (Wildman–Crippen MR) is 149 cm³/mol. The Labute approximate surface area is 232 Å². The molecule has 13 nitrogen and oxygen atoms in total. The third kappa shape index (κ3) is 11.6. The summed E-state index contributed by atoms with van der Waals surface area (Å²) in [5, 5.41) is 18.8. The number of carbonyl (C=O) groups is 4. The standard InChI is InChI=1S/C23H34N6O6.C2H6OS/c1-13(2)12-18(21(31)26-16-7-9-17(10-8-16)29(34)35)27-22(32)19-6-5-11-28(19)23(33)15(4)25-20(30)14(3)24;1-4(2)3/h7-10,13-15,18-19H,5-6,11-12,24H2,1-4H3,(H,25,30)(H,26,31)(H,27,32);1-2H3/t14-,15-,18-,19-;/m0./s1. The van der Waals surface area contributed by atoms with Crippen molar-refractivity contribution in [1.29, 1.82) is 0 Å². The number of likely N-dealkylation sites (tertiary alicyclic amines) is 1. The Hall–Kier alpha value is -3.23. The maximum atomic E-state index is 13.1. The summed E-state index contributed by atoms with van der Waals surface area (Å²) in [4.78, 5) is 62.5. The minimum absolute atomic E-state index is 0.0812. The average Bonchev–Trinajstić information content (AvgIpc) is 3.32. The first kappa shape index (κ1) is 33.8. The van der Waals surface area contributed by atoms with Crippen LogP contribution in [0.5, 0.6) is 0 Å². The quantitative estimate of drug-likeness (QED) is 0.181. The monoisotopic (exact) mass is 568 g/mol. The molecule has 1 fully saturated rings. The highest BCUT2D eigenvalue weighted by Gasteiger charge is 2.38. The highest BCUT2D eigenvalue weighted by molar-refractivity contribution is 7.89. The fourth-order valence-corrected chi connectivity index (χ4v) is 3.83. The molecule has 0 unspecified atom stereocenters. The number of nitro benzene ring substituents is 1. The molecule has 0 radical (unpaired) electrons. The highest BCUT2D eigenvalue weighted by Crippen LogP contribution is 2.20. The van der Waals surface area contributed by atoms with Crippen LogP contribution in [0.15, 0.2) is 24.3 Å². The van der Waals surface area contributed by atoms with Crippen LogP contribution in [-0.4, -0.2) is 81.2 Å². The van der Waals surface area contributed by atoms with E-state index in [4.69, 9.17) is 5.73 Å². The number of amides is 4. The molecule has 14 heteroatoms. The van der Waals surface area contributed by atoms with Crippen molar-refractivity contribution in [2.75, 3.05) is 24.4 Å². The van der Waals surface area contributed by atoms with Crippen LogP contribution in [0.2, 0.25) is 0 Å². The summed E-state index contributed by atoms with van der Waals surface area (Å²) in [6.07, 6.45) is 4.68. The van der Waals surface area contributed by atoms with Gasteiger partial charge in [0, 0.05) is 24.4 Å². The Morgan fingerprint density at radius 1 is 1.08 bits per heavy atom. The van der Waals surface area contributed by atoms with Crippen LogP contribution in [0.25, 0.3) is 0 Å². The first-order valence-corrected chi connectivity index (χ1v) is 14.6. The van der Waals surface area contributed by atoms with Gasteiger partial charge < -0.3 is 31.1 Å². The summed E-state index contributed by atoms with van der Waals surface area (Å²) in [6, 6.07) is 2.13. The lowest BCUT2D eigenvalue weighted by Gasteiger charge is -2.29. The Morgan fingerprint density at radius 3 is 2.13 bits per heavy atom. The molecule has 218 valence electrons. The Kier molecular flexibility index (Phi) is 13.9. The Bertz CT molecular complexity index is 1000. The first-order valence-electron chi connectivity index (χ1n) is 12.6. The predicted octanol–water partition coefficient (Wildman–Crippen LogP) is 0.902. The molecular formula is C25H40N6O7S. The van der Waals surface area contributed by atoms with Crippen molar-refractivity contribution in [3.63, 3.8) is 0 Å². The molecule has 5 N–H and O–H groups in total. The lowest BCUT2D eigenvalue weighted by atomic mass is 10.0. The van der Waals surface area contributed by atoms with Crippen LogP contribution >= 0.6 is 0 Å². The molecule has 4 amide bonds. The largest absolute Gasteiger partial charge is 0.617 e. The second-order valence-corrected chi connectivity index (χ2v) is 11.4. The smallest absolute Gasteiger partial charge is 0.269 e. The molecule has 1 aliphatic rings. The normalized spacial score (nSPS) is 17.0. The van der Waals surface area contributed by atoms with Crippen molar-refractivity contribution in [3.05, 3.63) is 34.4 Å². The van der Waals surface area contributed by atoms with Gasteiger partial charge >= 0.3 is 0 Å². The lowest BCUT2D eigenvalue weighted by molar-refractivity contribution is -0.384. The fraction of sp³-hybridized carbons (Fsp3) is 0.600. The van der Waals surface area contributed by atoms with Crippen LogP contribution in [-0.2, 0) is 30.4 Å². The molecule has 0 saturated carbocycles. The van der Waals surface area contributed by atoms with Gasteiger partial charge in [-0.15, -0.1) is 0 Å². The zero-order chi connectivity index (χ0) is 29.9. The van der Waals surface area contributed by atoms with Crippen molar-refractivity contribution in [1.82, 2.24) is 15.5 Å². The summed E-state index contributed by atoms with van der Waals surface area (Å²) < 4.78 is 9.56. The average molecular weight is 569 g/mol. The number of nitro groups is 1. The molecule has 1 aliphatic heterocycles. The van der Waals surface area contributed by atoms with Crippen LogP contribution in [0.4, 0.5) is 11.4 Å². The van der Waals surface area contributed by atoms with Gasteiger partial charge in [-0.2, -0.15) is 0 Å². The number of benzene rings is 1. The van der Waals surface area contributed by atoms with Gasteiger partial charge in [-0.05, 0) is 51.2 Å². The summed E-state index contributed by atoms with van der Waals surface area (Å²) in [7, 11) is 0. The van der Waals surface area contributed by atoms with Crippen LogP contribution in [0, 0.1) is 16.0 Å². The van der Waals surface area contributed by atoms with E-state index in [1.807, 2.05) is 13.8 Å². The Balaban J connectivity index is 0.00000177. The number of hydrogen-bond acceptors (Lipinski definition) is 8. The summed E-state index contributed by atoms with van der Waals surface area (Å²) in [5.74, 6) is -1.70. The fourth-order valence-electron chi connectivity index (χ4n) is 3.83. The van der Waals surface area contributed by atoms with Gasteiger partial charge in [-0.3, -0.25) is 29.3 Å². The SMILES string of the molecule is CC(C)C[C@H](NC(=O)[C@@H]1CCCN1C(=O)[C@H](C)NC(=O)[C@H](C)N)C(=O)Nc1ccc([N+](=O)[O-])cc1.C[S+](C)[O-]. The van der Waals surface area contributed by atoms with Crippen molar-refractivity contribution >= 4 is 46.2 Å². The molecule has 2 rings (SSSR count). The molecule has 1 heterocycles. The molecule has 4 atom stereocenters.